The fourth-order valence-electron chi connectivity index (χ4n) is 0.962. The van der Waals surface area contributed by atoms with Gasteiger partial charge in [-0.25, -0.2) is 4.39 Å². The molecule has 14 heavy (non-hydrogen) atoms. The van der Waals surface area contributed by atoms with Crippen LogP contribution in [0.2, 0.25) is 0 Å². The molecule has 78 valence electrons. The topological polar surface area (TPSA) is 37.3 Å². The molecule has 0 saturated heterocycles. The molecular formula is C10H13FO2S. The van der Waals surface area contributed by atoms with Crippen LogP contribution < -0.4 is 0 Å². The highest BCUT2D eigenvalue weighted by Gasteiger charge is 2.17. The molecule has 0 aliphatic carbocycles. The second kappa shape index (κ2) is 4.66. The Balaban J connectivity index is 2.84. The molecule has 4 heteroatoms. The van der Waals surface area contributed by atoms with Crippen LogP contribution in [-0.4, -0.2) is 20.7 Å². The molecule has 3 atom stereocenters. The van der Waals surface area contributed by atoms with Gasteiger partial charge in [-0.2, -0.15) is 0 Å². The van der Waals surface area contributed by atoms with Gasteiger partial charge in [-0.05, 0) is 38.1 Å². The smallest absolute Gasteiger partial charge is 0.123 e. The molecule has 0 amide bonds. The maximum atomic E-state index is 12.6. The minimum Gasteiger partial charge on any atom is -0.392 e. The lowest BCUT2D eigenvalue weighted by Gasteiger charge is -2.13. The average Bonchev–Trinajstić information content (AvgIpc) is 2.16. The largest absolute Gasteiger partial charge is 0.392 e. The van der Waals surface area contributed by atoms with Crippen LogP contribution >= 0.6 is 0 Å². The minimum absolute atomic E-state index is 0.347. The van der Waals surface area contributed by atoms with Crippen molar-refractivity contribution in [2.75, 3.05) is 0 Å². The molecule has 0 aliphatic rings. The number of hydrogen-bond donors (Lipinski definition) is 1. The van der Waals surface area contributed by atoms with E-state index >= 15 is 0 Å². The zero-order valence-electron chi connectivity index (χ0n) is 8.11. The molecule has 1 N–H and O–H groups in total. The third-order valence-corrected chi connectivity index (χ3v) is 3.87. The summed E-state index contributed by atoms with van der Waals surface area (Å²) in [6.07, 6.45) is -0.638. The molecule has 0 saturated carbocycles. The second-order valence-corrected chi connectivity index (χ2v) is 5.01. The van der Waals surface area contributed by atoms with E-state index in [1.807, 2.05) is 0 Å². The lowest BCUT2D eigenvalue weighted by atomic mass is 10.3. The molecule has 1 aromatic carbocycles. The maximum Gasteiger partial charge on any atom is 0.123 e. The van der Waals surface area contributed by atoms with Crippen LogP contribution in [0.15, 0.2) is 29.2 Å². The van der Waals surface area contributed by atoms with Gasteiger partial charge in [0.05, 0.1) is 22.2 Å². The number of hydrogen-bond acceptors (Lipinski definition) is 2. The summed E-state index contributed by atoms with van der Waals surface area (Å²) < 4.78 is 24.3. The molecule has 0 aliphatic heterocycles. The van der Waals surface area contributed by atoms with Crippen molar-refractivity contribution < 1.29 is 13.7 Å². The number of benzene rings is 1. The van der Waals surface area contributed by atoms with E-state index in [-0.39, 0.29) is 11.1 Å². The summed E-state index contributed by atoms with van der Waals surface area (Å²) >= 11 is 0. The van der Waals surface area contributed by atoms with Gasteiger partial charge in [-0.1, -0.05) is 0 Å². The van der Waals surface area contributed by atoms with Crippen molar-refractivity contribution in [3.63, 3.8) is 0 Å². The Morgan fingerprint density at radius 1 is 1.29 bits per heavy atom. The van der Waals surface area contributed by atoms with Crippen LogP contribution in [0.3, 0.4) is 0 Å². The van der Waals surface area contributed by atoms with Crippen molar-refractivity contribution >= 4 is 10.8 Å². The van der Waals surface area contributed by atoms with E-state index in [4.69, 9.17) is 0 Å². The van der Waals surface area contributed by atoms with Crippen molar-refractivity contribution in [1.29, 1.82) is 0 Å². The van der Waals surface area contributed by atoms with Crippen molar-refractivity contribution in [1.82, 2.24) is 0 Å². The van der Waals surface area contributed by atoms with Gasteiger partial charge in [0, 0.05) is 4.90 Å². The van der Waals surface area contributed by atoms with E-state index in [1.54, 1.807) is 13.8 Å². The number of rotatable bonds is 3. The van der Waals surface area contributed by atoms with E-state index in [9.17, 15) is 13.7 Å². The SMILES string of the molecule is CC(O)C(C)S(=O)c1ccc(F)cc1. The first-order chi connectivity index (χ1) is 6.52. The summed E-state index contributed by atoms with van der Waals surface area (Å²) in [6.45, 7) is 3.29. The van der Waals surface area contributed by atoms with Crippen LogP contribution in [0.25, 0.3) is 0 Å². The quantitative estimate of drug-likeness (QED) is 0.835. The van der Waals surface area contributed by atoms with Crippen LogP contribution in [0.5, 0.6) is 0 Å². The van der Waals surface area contributed by atoms with Crippen LogP contribution in [-0.2, 0) is 10.8 Å². The molecule has 1 aromatic rings. The lowest BCUT2D eigenvalue weighted by molar-refractivity contribution is 0.194. The summed E-state index contributed by atoms with van der Waals surface area (Å²) in [7, 11) is -1.28. The average molecular weight is 216 g/mol. The van der Waals surface area contributed by atoms with Crippen LogP contribution in [0.1, 0.15) is 13.8 Å². The van der Waals surface area contributed by atoms with Gasteiger partial charge in [0.15, 0.2) is 0 Å². The van der Waals surface area contributed by atoms with E-state index < -0.39 is 16.9 Å². The first-order valence-electron chi connectivity index (χ1n) is 4.36. The predicted octanol–water partition coefficient (Wildman–Crippen LogP) is 1.70. The highest BCUT2D eigenvalue weighted by Crippen LogP contribution is 2.14. The van der Waals surface area contributed by atoms with Crippen LogP contribution in [0, 0.1) is 5.82 Å². The summed E-state index contributed by atoms with van der Waals surface area (Å²) in [5.74, 6) is -0.351. The Morgan fingerprint density at radius 2 is 1.79 bits per heavy atom. The van der Waals surface area contributed by atoms with Gasteiger partial charge in [-0.15, -0.1) is 0 Å². The lowest BCUT2D eigenvalue weighted by Crippen LogP contribution is -2.24. The normalized spacial score (nSPS) is 17.4. The zero-order chi connectivity index (χ0) is 10.7. The van der Waals surface area contributed by atoms with Crippen LogP contribution in [0.4, 0.5) is 4.39 Å². The zero-order valence-corrected chi connectivity index (χ0v) is 8.92. The van der Waals surface area contributed by atoms with Crippen molar-refractivity contribution in [3.8, 4) is 0 Å². The maximum absolute atomic E-state index is 12.6. The van der Waals surface area contributed by atoms with Gasteiger partial charge in [0.2, 0.25) is 0 Å². The van der Waals surface area contributed by atoms with Crippen molar-refractivity contribution in [3.05, 3.63) is 30.1 Å². The Bertz CT molecular complexity index is 321. The highest BCUT2D eigenvalue weighted by atomic mass is 32.2. The van der Waals surface area contributed by atoms with Gasteiger partial charge in [0.1, 0.15) is 5.82 Å². The van der Waals surface area contributed by atoms with Crippen molar-refractivity contribution in [2.45, 2.75) is 30.1 Å². The van der Waals surface area contributed by atoms with E-state index in [0.29, 0.717) is 4.90 Å². The molecule has 0 radical (unpaired) electrons. The molecule has 0 bridgehead atoms. The van der Waals surface area contributed by atoms with Gasteiger partial charge < -0.3 is 5.11 Å². The van der Waals surface area contributed by atoms with E-state index in [2.05, 4.69) is 0 Å². The predicted molar refractivity (Wildman–Crippen MR) is 54.0 cm³/mol. The van der Waals surface area contributed by atoms with E-state index in [1.165, 1.54) is 24.3 Å². The fraction of sp³-hybridized carbons (Fsp3) is 0.400. The molecular weight excluding hydrogens is 203 g/mol. The summed E-state index contributed by atoms with van der Waals surface area (Å²) in [5.41, 5.74) is 0. The summed E-state index contributed by atoms with van der Waals surface area (Å²) in [4.78, 5) is 0.541. The standard InChI is InChI=1S/C10H13FO2S/c1-7(12)8(2)14(13)10-5-3-9(11)4-6-10/h3-8,12H,1-2H3. The van der Waals surface area contributed by atoms with Crippen molar-refractivity contribution in [2.24, 2.45) is 0 Å². The highest BCUT2D eigenvalue weighted by molar-refractivity contribution is 7.85. The number of aliphatic hydroxyl groups is 1. The molecule has 1 rings (SSSR count). The Morgan fingerprint density at radius 3 is 2.21 bits per heavy atom. The Labute approximate surface area is 85.2 Å². The monoisotopic (exact) mass is 216 g/mol. The molecule has 0 heterocycles. The summed E-state index contributed by atoms with van der Waals surface area (Å²) in [5, 5.41) is 8.89. The molecule has 0 aromatic heterocycles. The van der Waals surface area contributed by atoms with E-state index in [0.717, 1.165) is 0 Å². The molecule has 0 spiro atoms. The number of aliphatic hydroxyl groups excluding tert-OH is 1. The first kappa shape index (κ1) is 11.3. The number of halogens is 1. The van der Waals surface area contributed by atoms with Gasteiger partial charge in [0.25, 0.3) is 0 Å². The molecule has 3 unspecified atom stereocenters. The summed E-state index contributed by atoms with van der Waals surface area (Å²) in [6, 6.07) is 5.48. The molecule has 0 fully saturated rings. The second-order valence-electron chi connectivity index (χ2n) is 3.20. The molecule has 2 nitrogen and oxygen atoms in total. The Kier molecular flexibility index (Phi) is 3.77. The third kappa shape index (κ3) is 2.62. The first-order valence-corrected chi connectivity index (χ1v) is 5.58. The van der Waals surface area contributed by atoms with Gasteiger partial charge in [-0.3, -0.25) is 4.21 Å². The third-order valence-electron chi connectivity index (χ3n) is 2.06. The van der Waals surface area contributed by atoms with Gasteiger partial charge >= 0.3 is 0 Å². The fourth-order valence-corrected chi connectivity index (χ4v) is 2.15. The minimum atomic E-state index is -1.28. The Hall–Kier alpha value is -0.740.